The van der Waals surface area contributed by atoms with Crippen LogP contribution in [0.4, 0.5) is 5.82 Å². The molecule has 1 heterocycles. The van der Waals surface area contributed by atoms with Crippen molar-refractivity contribution in [3.05, 3.63) is 16.5 Å². The van der Waals surface area contributed by atoms with Gasteiger partial charge in [0.1, 0.15) is 16.2 Å². The largest absolute Gasteiger partial charge is 0.369 e. The molecule has 2 N–H and O–H groups in total. The predicted molar refractivity (Wildman–Crippen MR) is 68.7 cm³/mol. The predicted octanol–water partition coefficient (Wildman–Crippen LogP) is 1.63. The number of aryl methyl sites for hydroxylation is 1. The first-order chi connectivity index (χ1) is 8.13. The van der Waals surface area contributed by atoms with Crippen molar-refractivity contribution in [1.82, 2.24) is 15.3 Å². The average molecular weight is 299 g/mol. The van der Waals surface area contributed by atoms with E-state index in [-0.39, 0.29) is 5.91 Å². The molecule has 1 amide bonds. The quantitative estimate of drug-likeness (QED) is 0.811. The molecule has 0 saturated heterocycles. The van der Waals surface area contributed by atoms with Gasteiger partial charge >= 0.3 is 0 Å². The molecule has 0 radical (unpaired) electrons. The highest BCUT2D eigenvalue weighted by Gasteiger charge is 2.22. The Bertz CT molecular complexity index is 400. The van der Waals surface area contributed by atoms with Gasteiger partial charge in [-0.25, -0.2) is 9.97 Å². The van der Waals surface area contributed by atoms with Crippen molar-refractivity contribution in [3.63, 3.8) is 0 Å². The number of halogens is 1. The van der Waals surface area contributed by atoms with Crippen LogP contribution in [0.3, 0.4) is 0 Å². The summed E-state index contributed by atoms with van der Waals surface area (Å²) in [5, 5.41) is 6.05. The van der Waals surface area contributed by atoms with Gasteiger partial charge in [-0.1, -0.05) is 0 Å². The Labute approximate surface area is 109 Å². The molecular weight excluding hydrogens is 284 g/mol. The van der Waals surface area contributed by atoms with Gasteiger partial charge in [0.25, 0.3) is 0 Å². The Balaban J connectivity index is 1.74. The van der Waals surface area contributed by atoms with Crippen molar-refractivity contribution in [2.45, 2.75) is 32.2 Å². The lowest BCUT2D eigenvalue weighted by atomic mass is 10.4. The van der Waals surface area contributed by atoms with Crippen LogP contribution in [0, 0.1) is 6.92 Å². The number of carbonyl (C=O) groups is 1. The van der Waals surface area contributed by atoms with E-state index in [1.807, 2.05) is 6.92 Å². The second-order valence-corrected chi connectivity index (χ2v) is 4.95. The summed E-state index contributed by atoms with van der Waals surface area (Å²) in [4.78, 5) is 19.8. The lowest BCUT2D eigenvalue weighted by Gasteiger charge is -2.06. The topological polar surface area (TPSA) is 66.9 Å². The SMILES string of the molecule is Cc1nc(Br)cc(NCCC(=O)NC2CC2)n1. The van der Waals surface area contributed by atoms with E-state index in [0.717, 1.165) is 23.3 Å². The van der Waals surface area contributed by atoms with Crippen molar-refractivity contribution < 1.29 is 4.79 Å². The number of anilines is 1. The molecule has 0 bridgehead atoms. The maximum Gasteiger partial charge on any atom is 0.221 e. The molecule has 1 aliphatic rings. The summed E-state index contributed by atoms with van der Waals surface area (Å²) in [5.41, 5.74) is 0. The van der Waals surface area contributed by atoms with Crippen LogP contribution in [-0.2, 0) is 4.79 Å². The molecule has 0 unspecified atom stereocenters. The molecule has 17 heavy (non-hydrogen) atoms. The third-order valence-corrected chi connectivity index (χ3v) is 2.81. The van der Waals surface area contributed by atoms with Crippen LogP contribution >= 0.6 is 15.9 Å². The fourth-order valence-corrected chi connectivity index (χ4v) is 1.93. The van der Waals surface area contributed by atoms with Crippen LogP contribution in [-0.4, -0.2) is 28.5 Å². The maximum atomic E-state index is 11.4. The summed E-state index contributed by atoms with van der Waals surface area (Å²) in [6.45, 7) is 2.41. The number of nitrogens with one attached hydrogen (secondary N) is 2. The number of rotatable bonds is 5. The first kappa shape index (κ1) is 12.3. The summed E-state index contributed by atoms with van der Waals surface area (Å²) in [6, 6.07) is 2.23. The fraction of sp³-hybridized carbons (Fsp3) is 0.545. The van der Waals surface area contributed by atoms with Crippen molar-refractivity contribution in [3.8, 4) is 0 Å². The Kier molecular flexibility index (Phi) is 3.93. The lowest BCUT2D eigenvalue weighted by molar-refractivity contribution is -0.120. The highest BCUT2D eigenvalue weighted by atomic mass is 79.9. The molecule has 1 aromatic heterocycles. The number of carbonyl (C=O) groups excluding carboxylic acids is 1. The van der Waals surface area contributed by atoms with Gasteiger partial charge in [-0.15, -0.1) is 0 Å². The molecular formula is C11H15BrN4O. The van der Waals surface area contributed by atoms with Gasteiger partial charge in [-0.3, -0.25) is 4.79 Å². The van der Waals surface area contributed by atoms with Crippen molar-refractivity contribution in [2.75, 3.05) is 11.9 Å². The van der Waals surface area contributed by atoms with Crippen molar-refractivity contribution in [2.24, 2.45) is 0 Å². The van der Waals surface area contributed by atoms with Crippen LogP contribution in [0.1, 0.15) is 25.1 Å². The molecule has 1 saturated carbocycles. The molecule has 1 aliphatic carbocycles. The number of hydrogen-bond acceptors (Lipinski definition) is 4. The van der Waals surface area contributed by atoms with Crippen LogP contribution in [0.2, 0.25) is 0 Å². The molecule has 2 rings (SSSR count). The highest BCUT2D eigenvalue weighted by molar-refractivity contribution is 9.10. The summed E-state index contributed by atoms with van der Waals surface area (Å²) in [6.07, 6.45) is 2.71. The zero-order valence-corrected chi connectivity index (χ0v) is 11.2. The third-order valence-electron chi connectivity index (χ3n) is 2.41. The number of hydrogen-bond donors (Lipinski definition) is 2. The first-order valence-electron chi connectivity index (χ1n) is 5.68. The third kappa shape index (κ3) is 4.30. The van der Waals surface area contributed by atoms with Crippen molar-refractivity contribution in [1.29, 1.82) is 0 Å². The highest BCUT2D eigenvalue weighted by Crippen LogP contribution is 2.18. The first-order valence-corrected chi connectivity index (χ1v) is 6.47. The van der Waals surface area contributed by atoms with Crippen molar-refractivity contribution >= 4 is 27.7 Å². The molecule has 0 spiro atoms. The van der Waals surface area contributed by atoms with E-state index in [9.17, 15) is 4.79 Å². The van der Waals surface area contributed by atoms with Crippen LogP contribution in [0.5, 0.6) is 0 Å². The normalized spacial score (nSPS) is 14.5. The Morgan fingerprint density at radius 1 is 1.53 bits per heavy atom. The zero-order valence-electron chi connectivity index (χ0n) is 9.66. The van der Waals surface area contributed by atoms with E-state index in [2.05, 4.69) is 36.5 Å². The number of amides is 1. The Morgan fingerprint density at radius 2 is 2.29 bits per heavy atom. The summed E-state index contributed by atoms with van der Waals surface area (Å²) < 4.78 is 0.745. The van der Waals surface area contributed by atoms with E-state index < -0.39 is 0 Å². The van der Waals surface area contributed by atoms with Gasteiger partial charge in [0, 0.05) is 25.1 Å². The van der Waals surface area contributed by atoms with Gasteiger partial charge in [0.2, 0.25) is 5.91 Å². The minimum Gasteiger partial charge on any atom is -0.369 e. The van der Waals surface area contributed by atoms with E-state index in [1.54, 1.807) is 6.07 Å². The van der Waals surface area contributed by atoms with Gasteiger partial charge in [0.15, 0.2) is 0 Å². The number of aromatic nitrogens is 2. The molecule has 6 heteroatoms. The summed E-state index contributed by atoms with van der Waals surface area (Å²) >= 11 is 3.30. The second kappa shape index (κ2) is 5.44. The Hall–Kier alpha value is -1.17. The van der Waals surface area contributed by atoms with E-state index in [1.165, 1.54) is 0 Å². The maximum absolute atomic E-state index is 11.4. The monoisotopic (exact) mass is 298 g/mol. The fourth-order valence-electron chi connectivity index (χ4n) is 1.45. The van der Waals surface area contributed by atoms with E-state index >= 15 is 0 Å². The second-order valence-electron chi connectivity index (χ2n) is 4.14. The molecule has 0 aliphatic heterocycles. The minimum atomic E-state index is 0.102. The number of nitrogens with zero attached hydrogens (tertiary/aromatic N) is 2. The van der Waals surface area contributed by atoms with Gasteiger partial charge in [-0.2, -0.15) is 0 Å². The molecule has 1 fully saturated rings. The molecule has 0 atom stereocenters. The molecule has 0 aromatic carbocycles. The van der Waals surface area contributed by atoms with Gasteiger partial charge in [0.05, 0.1) is 0 Å². The van der Waals surface area contributed by atoms with Crippen LogP contribution in [0.25, 0.3) is 0 Å². The van der Waals surface area contributed by atoms with Gasteiger partial charge < -0.3 is 10.6 Å². The van der Waals surface area contributed by atoms with E-state index in [4.69, 9.17) is 0 Å². The van der Waals surface area contributed by atoms with Gasteiger partial charge in [-0.05, 0) is 35.7 Å². The smallest absolute Gasteiger partial charge is 0.221 e. The molecule has 5 nitrogen and oxygen atoms in total. The molecule has 1 aromatic rings. The van der Waals surface area contributed by atoms with Crippen LogP contribution < -0.4 is 10.6 Å². The lowest BCUT2D eigenvalue weighted by Crippen LogP contribution is -2.27. The standard InChI is InChI=1S/C11H15BrN4O/c1-7-14-9(12)6-10(15-7)13-5-4-11(17)16-8-2-3-8/h6,8H,2-5H2,1H3,(H,16,17)(H,13,14,15). The summed E-state index contributed by atoms with van der Waals surface area (Å²) in [5.74, 6) is 1.54. The zero-order chi connectivity index (χ0) is 12.3. The van der Waals surface area contributed by atoms with Crippen LogP contribution in [0.15, 0.2) is 10.7 Å². The summed E-state index contributed by atoms with van der Waals surface area (Å²) in [7, 11) is 0. The van der Waals surface area contributed by atoms with E-state index in [0.29, 0.717) is 24.8 Å². The minimum absolute atomic E-state index is 0.102. The molecule has 92 valence electrons. The Morgan fingerprint density at radius 3 is 2.94 bits per heavy atom. The average Bonchev–Trinajstić information content (AvgIpc) is 3.00.